The predicted molar refractivity (Wildman–Crippen MR) is 110 cm³/mol. The Labute approximate surface area is 213 Å². The molecule has 1 unspecified atom stereocenters. The largest absolute Gasteiger partial charge is 0 e. The summed E-state index contributed by atoms with van der Waals surface area (Å²) < 4.78 is 47.4. The fraction of sp³-hybridized carbons (Fsp3) is 0.261. The number of carbonyl (C=O) groups excluding carboxylic acids is 2. The number of carbonyl (C=O) groups is 2. The zero-order valence-corrected chi connectivity index (χ0v) is 22.4. The van der Waals surface area contributed by atoms with E-state index in [1.807, 2.05) is 18.2 Å². The molecule has 0 radical (unpaired) electrons. The van der Waals surface area contributed by atoms with Gasteiger partial charge in [0, 0.05) is 32.4 Å². The Morgan fingerprint density at radius 2 is 1.00 bits per heavy atom. The first-order valence-electron chi connectivity index (χ1n) is 8.46. The summed E-state index contributed by atoms with van der Waals surface area (Å²) in [6.07, 6.45) is 0. The minimum absolute atomic E-state index is 0. The van der Waals surface area contributed by atoms with Crippen LogP contribution in [-0.2, 0) is 63.4 Å². The van der Waals surface area contributed by atoms with E-state index in [-0.39, 0.29) is 32.4 Å². The van der Waals surface area contributed by atoms with Crippen molar-refractivity contribution in [3.8, 4) is 0 Å². The van der Waals surface area contributed by atoms with E-state index in [9.17, 15) is 9.59 Å². The third-order valence-corrected chi connectivity index (χ3v) is 8.00. The topological polar surface area (TPSA) is 152 Å². The van der Waals surface area contributed by atoms with Crippen molar-refractivity contribution < 1.29 is 63.4 Å². The molecule has 0 amide bonds. The van der Waals surface area contributed by atoms with Crippen LogP contribution in [0.4, 0.5) is 0 Å². The fourth-order valence-electron chi connectivity index (χ4n) is 3.56. The molecule has 2 aliphatic heterocycles. The van der Waals surface area contributed by atoms with Crippen LogP contribution < -0.4 is 5.30 Å². The summed E-state index contributed by atoms with van der Waals surface area (Å²) in [4.78, 5) is 24.7. The summed E-state index contributed by atoms with van der Waals surface area (Å²) >= 11 is 0. The van der Waals surface area contributed by atoms with Crippen molar-refractivity contribution in [1.82, 2.24) is 0 Å². The van der Waals surface area contributed by atoms with Gasteiger partial charge in [-0.2, -0.15) is 0 Å². The Morgan fingerprint density at radius 3 is 1.26 bits per heavy atom. The molecule has 0 aliphatic carbocycles. The molecule has 0 fully saturated rings. The van der Waals surface area contributed by atoms with E-state index in [1.54, 1.807) is 0 Å². The van der Waals surface area contributed by atoms with E-state index in [4.69, 9.17) is 32.7 Å². The molecule has 9 nitrogen and oxygen atoms in total. The maximum absolute atomic E-state index is 12.4. The second-order valence-electron chi connectivity index (χ2n) is 5.72. The normalized spacial score (nSPS) is 17.8. The molecular weight excluding hydrogens is 635 g/mol. The zero-order valence-electron chi connectivity index (χ0n) is 18.6. The Balaban J connectivity index is -0.000000364. The molecule has 176 valence electrons. The fourth-order valence-corrected chi connectivity index (χ4v) is 7.26. The van der Waals surface area contributed by atoms with Gasteiger partial charge in [0.2, 0.25) is 0 Å². The van der Waals surface area contributed by atoms with Crippen molar-refractivity contribution in [1.29, 1.82) is 0 Å². The van der Waals surface area contributed by atoms with Crippen LogP contribution in [0.5, 0.6) is 0 Å². The van der Waals surface area contributed by atoms with Gasteiger partial charge in [0.15, 0.2) is 0 Å². The minimum atomic E-state index is -0.735. The smallest absolute Gasteiger partial charge is 0 e. The van der Waals surface area contributed by atoms with Gasteiger partial charge >= 0.3 is 68.5 Å². The first kappa shape index (κ1) is 38.7. The van der Waals surface area contributed by atoms with Gasteiger partial charge in [-0.25, -0.2) is 9.59 Å². The van der Waals surface area contributed by atoms with Crippen LogP contribution in [0.1, 0.15) is 13.8 Å². The monoisotopic (exact) mass is 654 g/mol. The van der Waals surface area contributed by atoms with E-state index in [2.05, 4.69) is 59.2 Å². The van der Waals surface area contributed by atoms with Gasteiger partial charge in [0.25, 0.3) is 0 Å². The summed E-state index contributed by atoms with van der Waals surface area (Å²) in [5, 5.41) is 1.19. The van der Waals surface area contributed by atoms with Gasteiger partial charge in [0.05, 0.1) is 25.4 Å². The molecule has 0 spiro atoms. The molecule has 2 heterocycles. The second kappa shape index (κ2) is 22.3. The summed E-state index contributed by atoms with van der Waals surface area (Å²) in [7, 11) is 1.97. The summed E-state index contributed by atoms with van der Waals surface area (Å²) in [5.74, 6) is -0.846. The van der Waals surface area contributed by atoms with Crippen LogP contribution >= 0.6 is 7.92 Å². The van der Waals surface area contributed by atoms with Gasteiger partial charge in [-0.05, 0) is 19.2 Å². The SMILES string of the molecule is COC(=O)C1=C(C(=O)OC)[C@@H]2C(C)=C(C)[C@H]1P2c1ccccc1.[C-]#[O+].[C-]#[O+].[C-]#[O+].[C-]#[O+].[C-]#[O+].[W]. The minimum Gasteiger partial charge on any atom is 0 e. The summed E-state index contributed by atoms with van der Waals surface area (Å²) in [6.45, 7) is 26.6. The first-order valence-corrected chi connectivity index (χ1v) is 9.94. The van der Waals surface area contributed by atoms with Crippen molar-refractivity contribution in [2.24, 2.45) is 0 Å². The number of allylic oxidation sites excluding steroid dienone is 2. The molecule has 0 saturated carbocycles. The molecular formula is C23H19O9PW. The van der Waals surface area contributed by atoms with Crippen molar-refractivity contribution in [2.45, 2.75) is 25.2 Å². The predicted octanol–water partition coefficient (Wildman–Crippen LogP) is 2.35. The van der Waals surface area contributed by atoms with Crippen LogP contribution in [0.2, 0.25) is 0 Å². The number of esters is 2. The molecule has 2 aliphatic rings. The van der Waals surface area contributed by atoms with Crippen molar-refractivity contribution in [3.05, 3.63) is 85.9 Å². The molecule has 3 rings (SSSR count). The first-order chi connectivity index (χ1) is 16.0. The van der Waals surface area contributed by atoms with Gasteiger partial charge in [0.1, 0.15) is 0 Å². The second-order valence-corrected chi connectivity index (χ2v) is 8.09. The summed E-state index contributed by atoms with van der Waals surface area (Å²) in [6, 6.07) is 10.1. The van der Waals surface area contributed by atoms with Crippen LogP contribution in [-0.4, -0.2) is 37.5 Å². The van der Waals surface area contributed by atoms with E-state index in [1.165, 1.54) is 30.7 Å². The number of benzene rings is 1. The standard InChI is InChI=1S/C18H19O4P.5CO.W/c1-10-11(2)16-14(18(20)22-4)13(17(19)21-3)15(10)23(16)12-8-6-5-7-9-12;5*1-2;/h5-9,15-16H,1-4H3;;;;;;/t15-,16+,23?;;;;;;. The average molecular weight is 654 g/mol. The zero-order chi connectivity index (χ0) is 26.7. The van der Waals surface area contributed by atoms with Crippen LogP contribution in [0, 0.1) is 33.3 Å². The Kier molecular flexibility index (Phi) is 25.3. The van der Waals surface area contributed by atoms with Crippen LogP contribution in [0.3, 0.4) is 0 Å². The van der Waals surface area contributed by atoms with E-state index >= 15 is 0 Å². The molecule has 1 aromatic carbocycles. The molecule has 3 atom stereocenters. The Hall–Kier alpha value is -2.54. The molecule has 2 bridgehead atoms. The van der Waals surface area contributed by atoms with E-state index in [0.717, 1.165) is 0 Å². The van der Waals surface area contributed by atoms with Gasteiger partial charge in [-0.1, -0.05) is 49.4 Å². The number of hydrogen-bond donors (Lipinski definition) is 0. The third-order valence-electron chi connectivity index (χ3n) is 4.70. The summed E-state index contributed by atoms with van der Waals surface area (Å²) in [5.41, 5.74) is 3.22. The molecule has 34 heavy (non-hydrogen) atoms. The molecule has 0 N–H and O–H groups in total. The van der Waals surface area contributed by atoms with Gasteiger partial charge in [-0.3, -0.25) is 0 Å². The molecule has 11 heteroatoms. The maximum Gasteiger partial charge on any atom is 0 e. The quantitative estimate of drug-likeness (QED) is 0.162. The van der Waals surface area contributed by atoms with Gasteiger partial charge in [-0.15, -0.1) is 0 Å². The molecule has 0 aromatic heterocycles. The third kappa shape index (κ3) is 8.35. The van der Waals surface area contributed by atoms with E-state index < -0.39 is 19.9 Å². The van der Waals surface area contributed by atoms with Crippen molar-refractivity contribution in [2.75, 3.05) is 14.2 Å². The van der Waals surface area contributed by atoms with E-state index in [0.29, 0.717) is 11.1 Å². The van der Waals surface area contributed by atoms with Crippen LogP contribution in [0.15, 0.2) is 52.6 Å². The van der Waals surface area contributed by atoms with Crippen molar-refractivity contribution in [3.63, 3.8) is 0 Å². The van der Waals surface area contributed by atoms with Crippen molar-refractivity contribution >= 4 is 25.2 Å². The van der Waals surface area contributed by atoms with Gasteiger partial charge < -0.3 is 9.47 Å². The number of hydrogen-bond acceptors (Lipinski definition) is 4. The Morgan fingerprint density at radius 1 is 0.706 bits per heavy atom. The van der Waals surface area contributed by atoms with Crippen LogP contribution in [0.25, 0.3) is 0 Å². The average Bonchev–Trinajstić information content (AvgIpc) is 3.40. The number of fused-ring (bicyclic) bond motifs is 2. The number of rotatable bonds is 3. The molecule has 0 saturated heterocycles. The maximum atomic E-state index is 12.4. The Bertz CT molecular complexity index is 879. The number of ether oxygens (including phenoxy) is 2. The number of methoxy groups -OCH3 is 2. The molecule has 1 aromatic rings.